The number of halogens is 2. The lowest BCUT2D eigenvalue weighted by Gasteiger charge is -2.39. The number of benzene rings is 1. The molecular weight excluding hydrogens is 470 g/mol. The number of hydrogen-bond donors (Lipinski definition) is 1. The second kappa shape index (κ2) is 10.1. The number of likely N-dealkylation sites (tertiary alicyclic amines) is 1. The smallest absolute Gasteiger partial charge is 0.193 e. The lowest BCUT2D eigenvalue weighted by atomic mass is 9.93. The molecule has 1 fully saturated rings. The first kappa shape index (κ1) is 22.4. The van der Waals surface area contributed by atoms with Crippen LogP contribution in [0.15, 0.2) is 41.9 Å². The molecule has 2 unspecified atom stereocenters. The summed E-state index contributed by atoms with van der Waals surface area (Å²) < 4.78 is 16.4. The predicted molar refractivity (Wildman–Crippen MR) is 123 cm³/mol. The van der Waals surface area contributed by atoms with E-state index in [0.717, 1.165) is 31.0 Å². The number of imidazole rings is 1. The fourth-order valence-corrected chi connectivity index (χ4v) is 3.63. The average Bonchev–Trinajstić information content (AvgIpc) is 3.17. The van der Waals surface area contributed by atoms with Crippen LogP contribution < -0.4 is 10.2 Å². The highest BCUT2D eigenvalue weighted by molar-refractivity contribution is 14.0. The molecule has 2 atom stereocenters. The Labute approximate surface area is 183 Å². The molecule has 0 spiro atoms. The molecule has 1 N–H and O–H groups in total. The molecule has 0 amide bonds. The summed E-state index contributed by atoms with van der Waals surface area (Å²) in [4.78, 5) is 12.7. The van der Waals surface area contributed by atoms with Gasteiger partial charge in [-0.15, -0.1) is 24.0 Å². The summed E-state index contributed by atoms with van der Waals surface area (Å²) in [5.74, 6) is 1.23. The van der Waals surface area contributed by atoms with Crippen molar-refractivity contribution in [3.63, 3.8) is 0 Å². The number of anilines is 1. The largest absolute Gasteiger partial charge is 0.375 e. The van der Waals surface area contributed by atoms with E-state index in [4.69, 9.17) is 0 Å². The van der Waals surface area contributed by atoms with Gasteiger partial charge in [-0.3, -0.25) is 4.99 Å². The third kappa shape index (κ3) is 5.15. The molecule has 8 heteroatoms. The Kier molecular flexibility index (Phi) is 8.09. The number of nitrogens with zero attached hydrogens (tertiary/aromatic N) is 5. The predicted octanol–water partition coefficient (Wildman–Crippen LogP) is 3.36. The van der Waals surface area contributed by atoms with Crippen LogP contribution in [0.2, 0.25) is 0 Å². The summed E-state index contributed by atoms with van der Waals surface area (Å²) in [7, 11) is 5.47. The highest BCUT2D eigenvalue weighted by Gasteiger charge is 2.28. The van der Waals surface area contributed by atoms with Crippen LogP contribution in [0.4, 0.5) is 10.1 Å². The summed E-state index contributed by atoms with van der Waals surface area (Å²) in [6.45, 7) is 4.66. The lowest BCUT2D eigenvalue weighted by Crippen LogP contribution is -2.48. The molecule has 0 bridgehead atoms. The third-order valence-electron chi connectivity index (χ3n) is 5.28. The van der Waals surface area contributed by atoms with Gasteiger partial charge >= 0.3 is 0 Å². The molecule has 0 radical (unpaired) electrons. The Hall–Kier alpha value is -1.84. The van der Waals surface area contributed by atoms with Crippen molar-refractivity contribution in [2.24, 2.45) is 10.9 Å². The zero-order valence-electron chi connectivity index (χ0n) is 17.0. The highest BCUT2D eigenvalue weighted by Crippen LogP contribution is 2.27. The van der Waals surface area contributed by atoms with Crippen LogP contribution >= 0.6 is 24.0 Å². The van der Waals surface area contributed by atoms with E-state index in [0.29, 0.717) is 24.2 Å². The monoisotopic (exact) mass is 500 g/mol. The molecule has 1 saturated heterocycles. The second-order valence-electron chi connectivity index (χ2n) is 7.37. The van der Waals surface area contributed by atoms with Gasteiger partial charge in [-0.1, -0.05) is 13.0 Å². The summed E-state index contributed by atoms with van der Waals surface area (Å²) in [5, 5.41) is 3.38. The quantitative estimate of drug-likeness (QED) is 0.398. The van der Waals surface area contributed by atoms with Crippen LogP contribution in [0.5, 0.6) is 0 Å². The molecule has 1 aromatic carbocycles. The van der Waals surface area contributed by atoms with Gasteiger partial charge in [0.05, 0.1) is 18.1 Å². The number of nitrogens with one attached hydrogen (secondary N) is 1. The molecule has 0 saturated carbocycles. The molecule has 3 rings (SSSR count). The topological polar surface area (TPSA) is 48.7 Å². The molecule has 154 valence electrons. The molecule has 1 aromatic heterocycles. The maximum absolute atomic E-state index is 14.2. The van der Waals surface area contributed by atoms with Gasteiger partial charge < -0.3 is 19.7 Å². The van der Waals surface area contributed by atoms with Gasteiger partial charge in [-0.25, -0.2) is 9.37 Å². The van der Waals surface area contributed by atoms with E-state index in [-0.39, 0.29) is 29.8 Å². The maximum atomic E-state index is 14.2. The van der Waals surface area contributed by atoms with Crippen molar-refractivity contribution < 1.29 is 4.39 Å². The van der Waals surface area contributed by atoms with Crippen molar-refractivity contribution in [1.29, 1.82) is 0 Å². The van der Waals surface area contributed by atoms with Gasteiger partial charge in [0.1, 0.15) is 5.82 Å². The van der Waals surface area contributed by atoms with E-state index < -0.39 is 0 Å². The Morgan fingerprint density at radius 3 is 2.79 bits per heavy atom. The zero-order valence-corrected chi connectivity index (χ0v) is 19.3. The number of aromatic nitrogens is 2. The van der Waals surface area contributed by atoms with Crippen molar-refractivity contribution in [2.75, 3.05) is 39.1 Å². The Morgan fingerprint density at radius 2 is 2.18 bits per heavy atom. The van der Waals surface area contributed by atoms with E-state index in [1.54, 1.807) is 18.0 Å². The molecule has 6 nitrogen and oxygen atoms in total. The molecule has 1 aliphatic heterocycles. The molecule has 2 heterocycles. The van der Waals surface area contributed by atoms with Gasteiger partial charge in [-0.2, -0.15) is 0 Å². The van der Waals surface area contributed by atoms with E-state index >= 15 is 0 Å². The van der Waals surface area contributed by atoms with Crippen LogP contribution in [0.25, 0.3) is 0 Å². The minimum Gasteiger partial charge on any atom is -0.375 e. The Bertz CT molecular complexity index is 777. The van der Waals surface area contributed by atoms with Crippen LogP contribution in [0, 0.1) is 11.7 Å². The normalized spacial score (nSPS) is 19.9. The van der Waals surface area contributed by atoms with E-state index in [2.05, 4.69) is 31.7 Å². The summed E-state index contributed by atoms with van der Waals surface area (Å²) in [6, 6.07) is 5.72. The van der Waals surface area contributed by atoms with Crippen LogP contribution in [0.3, 0.4) is 0 Å². The highest BCUT2D eigenvalue weighted by atomic mass is 127. The van der Waals surface area contributed by atoms with E-state index in [1.807, 2.05) is 44.9 Å². The van der Waals surface area contributed by atoms with Crippen molar-refractivity contribution in [1.82, 2.24) is 19.8 Å². The van der Waals surface area contributed by atoms with Crippen molar-refractivity contribution in [2.45, 2.75) is 25.9 Å². The van der Waals surface area contributed by atoms with Crippen LogP contribution in [-0.2, 0) is 6.54 Å². The van der Waals surface area contributed by atoms with E-state index in [1.165, 1.54) is 0 Å². The summed E-state index contributed by atoms with van der Waals surface area (Å²) >= 11 is 0. The van der Waals surface area contributed by atoms with Gasteiger partial charge in [0, 0.05) is 53.2 Å². The molecule has 2 aromatic rings. The Morgan fingerprint density at radius 1 is 1.39 bits per heavy atom. The van der Waals surface area contributed by atoms with Crippen molar-refractivity contribution >= 4 is 35.6 Å². The number of piperidine rings is 1. The van der Waals surface area contributed by atoms with Crippen molar-refractivity contribution in [3.05, 3.63) is 48.3 Å². The summed E-state index contributed by atoms with van der Waals surface area (Å²) in [5.41, 5.74) is 1.49. The van der Waals surface area contributed by atoms with Gasteiger partial charge in [0.2, 0.25) is 0 Å². The fraction of sp³-hybridized carbons (Fsp3) is 0.500. The summed E-state index contributed by atoms with van der Waals surface area (Å²) in [6.07, 6.45) is 6.83. The fourth-order valence-electron chi connectivity index (χ4n) is 3.63. The second-order valence-corrected chi connectivity index (χ2v) is 7.37. The lowest BCUT2D eigenvalue weighted by molar-refractivity contribution is 0.189. The first-order chi connectivity index (χ1) is 13.0. The first-order valence-corrected chi connectivity index (χ1v) is 9.38. The van der Waals surface area contributed by atoms with Crippen LogP contribution in [-0.4, -0.2) is 54.6 Å². The standard InChI is InChI=1S/C20H29FN6.HI/c1-15-7-9-26(13-19(15)27-10-8-23-14-27)20(22-2)24-12-16-5-6-18(25(3)4)17(21)11-16;/h5-6,8,10-11,14-15,19H,7,9,12-13H2,1-4H3,(H,22,24);1H. The molecule has 28 heavy (non-hydrogen) atoms. The van der Waals surface area contributed by atoms with Crippen LogP contribution in [0.1, 0.15) is 24.9 Å². The third-order valence-corrected chi connectivity index (χ3v) is 5.28. The maximum Gasteiger partial charge on any atom is 0.193 e. The average molecular weight is 500 g/mol. The Balaban J connectivity index is 0.00000280. The SMILES string of the molecule is CN=C(NCc1ccc(N(C)C)c(F)c1)N1CCC(C)C(n2ccnc2)C1.I. The van der Waals surface area contributed by atoms with Gasteiger partial charge in [-0.05, 0) is 30.0 Å². The number of aliphatic imine (C=N–C) groups is 1. The minimum atomic E-state index is -0.207. The molecule has 0 aliphatic carbocycles. The molecular formula is C20H30FIN6. The van der Waals surface area contributed by atoms with Gasteiger partial charge in [0.15, 0.2) is 5.96 Å². The minimum absolute atomic E-state index is 0. The zero-order chi connectivity index (χ0) is 19.4. The number of guanidine groups is 1. The molecule has 1 aliphatic rings. The first-order valence-electron chi connectivity index (χ1n) is 9.38. The van der Waals surface area contributed by atoms with Gasteiger partial charge in [0.25, 0.3) is 0 Å². The van der Waals surface area contributed by atoms with E-state index in [9.17, 15) is 4.39 Å². The number of hydrogen-bond acceptors (Lipinski definition) is 3. The number of rotatable bonds is 4. The van der Waals surface area contributed by atoms with Crippen molar-refractivity contribution in [3.8, 4) is 0 Å².